The van der Waals surface area contributed by atoms with Gasteiger partial charge in [-0.1, -0.05) is 13.0 Å². The number of hydrogen-bond acceptors (Lipinski definition) is 3. The number of amides is 2. The number of benzene rings is 1. The Labute approximate surface area is 116 Å². The van der Waals surface area contributed by atoms with Crippen LogP contribution in [0.1, 0.15) is 36.2 Å². The predicted octanol–water partition coefficient (Wildman–Crippen LogP) is 1.16. The standard InChI is InChI=1S/C14H16N2O4/c1-3-14(2,13(19)20)16-12(18)9-5-4-8-7-11(17)15-10(8)6-9/h4-6H,3,7H2,1-2H3,(H,15,17)(H,16,18)(H,19,20). The second-order valence-electron chi connectivity index (χ2n) is 5.04. The van der Waals surface area contributed by atoms with Crippen molar-refractivity contribution >= 4 is 23.5 Å². The van der Waals surface area contributed by atoms with E-state index in [4.69, 9.17) is 5.11 Å². The van der Waals surface area contributed by atoms with Crippen LogP contribution in [0.3, 0.4) is 0 Å². The van der Waals surface area contributed by atoms with Gasteiger partial charge in [0.2, 0.25) is 5.91 Å². The van der Waals surface area contributed by atoms with Gasteiger partial charge < -0.3 is 15.7 Å². The van der Waals surface area contributed by atoms with Crippen molar-refractivity contribution in [2.45, 2.75) is 32.2 Å². The van der Waals surface area contributed by atoms with E-state index in [-0.39, 0.29) is 12.3 Å². The third-order valence-electron chi connectivity index (χ3n) is 3.57. The molecular weight excluding hydrogens is 260 g/mol. The van der Waals surface area contributed by atoms with Gasteiger partial charge in [-0.05, 0) is 31.0 Å². The number of carboxylic acid groups (broad SMARTS) is 1. The molecule has 20 heavy (non-hydrogen) atoms. The van der Waals surface area contributed by atoms with Crippen LogP contribution >= 0.6 is 0 Å². The van der Waals surface area contributed by atoms with Crippen LogP contribution in [0.2, 0.25) is 0 Å². The summed E-state index contributed by atoms with van der Waals surface area (Å²) < 4.78 is 0. The van der Waals surface area contributed by atoms with E-state index >= 15 is 0 Å². The molecule has 0 aromatic heterocycles. The molecule has 1 atom stereocenters. The normalized spacial score (nSPS) is 16.0. The first kappa shape index (κ1) is 14.0. The number of carbonyl (C=O) groups is 3. The quantitative estimate of drug-likeness (QED) is 0.769. The number of aliphatic carboxylic acids is 1. The zero-order chi connectivity index (χ0) is 14.9. The lowest BCUT2D eigenvalue weighted by Gasteiger charge is -2.24. The van der Waals surface area contributed by atoms with Gasteiger partial charge in [-0.15, -0.1) is 0 Å². The Hall–Kier alpha value is -2.37. The molecule has 1 aromatic carbocycles. The van der Waals surface area contributed by atoms with Crippen molar-refractivity contribution in [1.82, 2.24) is 5.32 Å². The van der Waals surface area contributed by atoms with Gasteiger partial charge in [-0.3, -0.25) is 9.59 Å². The highest BCUT2D eigenvalue weighted by molar-refractivity contribution is 6.03. The molecule has 0 spiro atoms. The number of hydrogen-bond donors (Lipinski definition) is 3. The van der Waals surface area contributed by atoms with Gasteiger partial charge in [0.1, 0.15) is 5.54 Å². The minimum absolute atomic E-state index is 0.110. The fraction of sp³-hybridized carbons (Fsp3) is 0.357. The van der Waals surface area contributed by atoms with E-state index in [1.165, 1.54) is 6.92 Å². The molecule has 0 bridgehead atoms. The molecular formula is C14H16N2O4. The van der Waals surface area contributed by atoms with E-state index in [2.05, 4.69) is 10.6 Å². The molecule has 106 valence electrons. The van der Waals surface area contributed by atoms with Crippen molar-refractivity contribution in [3.05, 3.63) is 29.3 Å². The highest BCUT2D eigenvalue weighted by Crippen LogP contribution is 2.24. The summed E-state index contributed by atoms with van der Waals surface area (Å²) in [5.74, 6) is -1.66. The first-order chi connectivity index (χ1) is 9.35. The van der Waals surface area contributed by atoms with E-state index in [0.717, 1.165) is 5.56 Å². The molecule has 6 heteroatoms. The Bertz CT molecular complexity index is 597. The van der Waals surface area contributed by atoms with Gasteiger partial charge in [0.25, 0.3) is 5.91 Å². The third-order valence-corrected chi connectivity index (χ3v) is 3.57. The van der Waals surface area contributed by atoms with E-state index in [0.29, 0.717) is 17.7 Å². The maximum atomic E-state index is 12.1. The van der Waals surface area contributed by atoms with Gasteiger partial charge in [-0.25, -0.2) is 4.79 Å². The summed E-state index contributed by atoms with van der Waals surface area (Å²) in [5.41, 5.74) is 0.463. The molecule has 0 radical (unpaired) electrons. The zero-order valence-corrected chi connectivity index (χ0v) is 11.3. The topological polar surface area (TPSA) is 95.5 Å². The van der Waals surface area contributed by atoms with Crippen LogP contribution in [0, 0.1) is 0 Å². The smallest absolute Gasteiger partial charge is 0.329 e. The van der Waals surface area contributed by atoms with Crippen LogP contribution in [0.25, 0.3) is 0 Å². The molecule has 3 N–H and O–H groups in total. The Balaban J connectivity index is 2.21. The molecule has 1 unspecified atom stereocenters. The Morgan fingerprint density at radius 3 is 2.75 bits per heavy atom. The summed E-state index contributed by atoms with van der Waals surface area (Å²) in [4.78, 5) is 34.6. The number of fused-ring (bicyclic) bond motifs is 1. The molecule has 6 nitrogen and oxygen atoms in total. The molecule has 1 aromatic rings. The Morgan fingerprint density at radius 1 is 1.45 bits per heavy atom. The predicted molar refractivity (Wildman–Crippen MR) is 72.6 cm³/mol. The molecule has 0 aliphatic carbocycles. The number of carbonyl (C=O) groups excluding carboxylic acids is 2. The first-order valence-corrected chi connectivity index (χ1v) is 6.34. The fourth-order valence-electron chi connectivity index (χ4n) is 1.97. The van der Waals surface area contributed by atoms with E-state index in [1.54, 1.807) is 25.1 Å². The minimum atomic E-state index is -1.31. The van der Waals surface area contributed by atoms with Crippen molar-refractivity contribution in [3.63, 3.8) is 0 Å². The lowest BCUT2D eigenvalue weighted by molar-refractivity contribution is -0.143. The molecule has 1 heterocycles. The van der Waals surface area contributed by atoms with Crippen molar-refractivity contribution in [3.8, 4) is 0 Å². The van der Waals surface area contributed by atoms with E-state index in [1.807, 2.05) is 0 Å². The zero-order valence-electron chi connectivity index (χ0n) is 11.3. The van der Waals surface area contributed by atoms with Crippen LogP contribution in [0.4, 0.5) is 5.69 Å². The van der Waals surface area contributed by atoms with Crippen molar-refractivity contribution < 1.29 is 19.5 Å². The van der Waals surface area contributed by atoms with E-state index < -0.39 is 17.4 Å². The second-order valence-corrected chi connectivity index (χ2v) is 5.04. The highest BCUT2D eigenvalue weighted by Gasteiger charge is 2.33. The summed E-state index contributed by atoms with van der Waals surface area (Å²) in [6.45, 7) is 3.15. The Morgan fingerprint density at radius 2 is 2.15 bits per heavy atom. The van der Waals surface area contributed by atoms with Crippen LogP contribution in [0.15, 0.2) is 18.2 Å². The monoisotopic (exact) mass is 276 g/mol. The lowest BCUT2D eigenvalue weighted by Crippen LogP contribution is -2.51. The number of nitrogens with one attached hydrogen (secondary N) is 2. The SMILES string of the molecule is CCC(C)(NC(=O)c1ccc2c(c1)NC(=O)C2)C(=O)O. The summed E-state index contributed by atoms with van der Waals surface area (Å²) >= 11 is 0. The number of carboxylic acids is 1. The van der Waals surface area contributed by atoms with Gasteiger partial charge in [0.15, 0.2) is 0 Å². The molecule has 0 fully saturated rings. The first-order valence-electron chi connectivity index (χ1n) is 6.34. The maximum Gasteiger partial charge on any atom is 0.329 e. The fourth-order valence-corrected chi connectivity index (χ4v) is 1.97. The molecule has 2 rings (SSSR count). The molecule has 1 aliphatic heterocycles. The van der Waals surface area contributed by atoms with Crippen LogP contribution in [0.5, 0.6) is 0 Å². The summed E-state index contributed by atoms with van der Waals surface area (Å²) in [6, 6.07) is 4.85. The van der Waals surface area contributed by atoms with Crippen molar-refractivity contribution in [2.75, 3.05) is 5.32 Å². The largest absolute Gasteiger partial charge is 0.480 e. The molecule has 2 amide bonds. The van der Waals surface area contributed by atoms with E-state index in [9.17, 15) is 14.4 Å². The number of anilines is 1. The second kappa shape index (κ2) is 4.96. The van der Waals surface area contributed by atoms with Gasteiger partial charge in [-0.2, -0.15) is 0 Å². The Kier molecular flexibility index (Phi) is 3.48. The summed E-state index contributed by atoms with van der Waals surface area (Å²) in [7, 11) is 0. The van der Waals surface area contributed by atoms with Crippen LogP contribution in [-0.4, -0.2) is 28.4 Å². The summed E-state index contributed by atoms with van der Waals surface area (Å²) in [5, 5.41) is 14.3. The molecule has 0 saturated carbocycles. The van der Waals surface area contributed by atoms with Crippen LogP contribution < -0.4 is 10.6 Å². The average Bonchev–Trinajstić information content (AvgIpc) is 2.77. The average molecular weight is 276 g/mol. The van der Waals surface area contributed by atoms with Crippen LogP contribution in [-0.2, 0) is 16.0 Å². The maximum absolute atomic E-state index is 12.1. The van der Waals surface area contributed by atoms with Gasteiger partial charge in [0.05, 0.1) is 6.42 Å². The highest BCUT2D eigenvalue weighted by atomic mass is 16.4. The summed E-state index contributed by atoms with van der Waals surface area (Å²) in [6.07, 6.45) is 0.578. The van der Waals surface area contributed by atoms with Gasteiger partial charge in [0, 0.05) is 11.3 Å². The minimum Gasteiger partial charge on any atom is -0.480 e. The van der Waals surface area contributed by atoms with Crippen molar-refractivity contribution in [1.29, 1.82) is 0 Å². The van der Waals surface area contributed by atoms with Gasteiger partial charge >= 0.3 is 5.97 Å². The van der Waals surface area contributed by atoms with Crippen molar-refractivity contribution in [2.24, 2.45) is 0 Å². The molecule has 0 saturated heterocycles. The third kappa shape index (κ3) is 2.49. The lowest BCUT2D eigenvalue weighted by atomic mass is 9.98. The molecule has 1 aliphatic rings. The number of rotatable bonds is 4.